The topological polar surface area (TPSA) is 92.9 Å². The van der Waals surface area contributed by atoms with Crippen LogP contribution in [0.2, 0.25) is 0 Å². The smallest absolute Gasteiger partial charge is 0.291 e. The third-order valence-corrected chi connectivity index (χ3v) is 5.36. The molecule has 2 aromatic carbocycles. The van der Waals surface area contributed by atoms with E-state index in [1.165, 1.54) is 0 Å². The van der Waals surface area contributed by atoms with Crippen molar-refractivity contribution in [1.82, 2.24) is 5.43 Å². The van der Waals surface area contributed by atoms with Crippen LogP contribution in [0.25, 0.3) is 0 Å². The minimum atomic E-state index is -0.888. The Bertz CT molecular complexity index is 1250. The Morgan fingerprint density at radius 3 is 2.52 bits per heavy atom. The predicted octanol–water partition coefficient (Wildman–Crippen LogP) is 4.60. The number of methoxy groups -OCH3 is 1. The molecule has 2 N–H and O–H groups in total. The Kier molecular flexibility index (Phi) is 6.21. The monoisotopic (exact) mass is 453 g/mol. The van der Waals surface area contributed by atoms with Gasteiger partial charge in [-0.15, -0.1) is 0 Å². The molecule has 2 amide bonds. The lowest BCUT2D eigenvalue weighted by atomic mass is 9.93. The maximum Gasteiger partial charge on any atom is 0.291 e. The van der Waals surface area contributed by atoms with E-state index in [2.05, 4.69) is 15.8 Å². The van der Waals surface area contributed by atoms with Crippen molar-refractivity contribution in [3.63, 3.8) is 0 Å². The van der Waals surface area contributed by atoms with Crippen LogP contribution in [-0.2, 0) is 6.42 Å². The number of hydrogen-bond acceptors (Lipinski definition) is 5. The molecule has 0 fully saturated rings. The summed E-state index contributed by atoms with van der Waals surface area (Å²) in [6.45, 7) is 1.70. The number of hydrazone groups is 1. The highest BCUT2D eigenvalue weighted by Gasteiger charge is 2.28. The largest absolute Gasteiger partial charge is 0.497 e. The molecule has 1 aliphatic carbocycles. The number of fused-ring (bicyclic) bond motifs is 1. The number of furan rings is 1. The molecule has 1 heterocycles. The van der Waals surface area contributed by atoms with Crippen molar-refractivity contribution in [2.24, 2.45) is 5.10 Å². The van der Waals surface area contributed by atoms with Crippen LogP contribution in [-0.4, -0.2) is 24.6 Å². The number of ether oxygens (including phenoxy) is 1. The number of anilines is 1. The number of rotatable bonds is 5. The minimum Gasteiger partial charge on any atom is -0.497 e. The van der Waals surface area contributed by atoms with Crippen LogP contribution < -0.4 is 15.5 Å². The molecule has 170 valence electrons. The molecule has 0 radical (unpaired) electrons. The fourth-order valence-corrected chi connectivity index (χ4v) is 3.69. The summed E-state index contributed by atoms with van der Waals surface area (Å²) in [5.41, 5.74) is 4.58. The molecule has 3 aromatic rings. The molecule has 7 nitrogen and oxygen atoms in total. The van der Waals surface area contributed by atoms with E-state index < -0.39 is 17.5 Å². The first-order valence-corrected chi connectivity index (χ1v) is 10.3. The van der Waals surface area contributed by atoms with E-state index >= 15 is 0 Å². The second-order valence-electron chi connectivity index (χ2n) is 7.51. The number of aryl methyl sites for hydroxylation is 1. The normalized spacial score (nSPS) is 14.0. The van der Waals surface area contributed by atoms with Gasteiger partial charge in [-0.25, -0.2) is 14.2 Å². The molecular formula is C24H21F2N3O4. The number of carbonyl (C=O) groups excluding carboxylic acids is 2. The van der Waals surface area contributed by atoms with Crippen molar-refractivity contribution in [2.75, 3.05) is 12.4 Å². The molecule has 0 saturated heterocycles. The van der Waals surface area contributed by atoms with Gasteiger partial charge in [-0.3, -0.25) is 9.59 Å². The first-order valence-electron chi connectivity index (χ1n) is 10.3. The fraction of sp³-hybridized carbons (Fsp3) is 0.208. The van der Waals surface area contributed by atoms with E-state index in [0.29, 0.717) is 52.8 Å². The average Bonchev–Trinajstić information content (AvgIpc) is 3.16. The van der Waals surface area contributed by atoms with Crippen molar-refractivity contribution in [2.45, 2.75) is 26.2 Å². The molecule has 0 spiro atoms. The van der Waals surface area contributed by atoms with Gasteiger partial charge < -0.3 is 14.5 Å². The highest BCUT2D eigenvalue weighted by atomic mass is 19.1. The van der Waals surface area contributed by atoms with Gasteiger partial charge in [-0.1, -0.05) is 0 Å². The summed E-state index contributed by atoms with van der Waals surface area (Å²) < 4.78 is 37.9. The zero-order valence-corrected chi connectivity index (χ0v) is 18.0. The first kappa shape index (κ1) is 22.2. The molecular weight excluding hydrogens is 432 g/mol. The van der Waals surface area contributed by atoms with E-state index in [-0.39, 0.29) is 17.4 Å². The molecule has 0 atom stereocenters. The fourth-order valence-electron chi connectivity index (χ4n) is 3.69. The number of nitrogens with zero attached hydrogens (tertiary/aromatic N) is 1. The summed E-state index contributed by atoms with van der Waals surface area (Å²) in [7, 11) is 1.54. The Hall–Kier alpha value is -4.01. The lowest BCUT2D eigenvalue weighted by Crippen LogP contribution is -2.22. The standard InChI is InChI=1S/C24H21F2N3O4/c1-13-21-19(28-29-23(30)14-6-9-16(32-2)10-7-14)4-3-5-20(21)33-22(13)24(31)27-18-11-8-15(25)12-17(18)26/h6-12H,3-5H2,1-2H3,(H,27,31)(H,29,30)/b28-19+. The van der Waals surface area contributed by atoms with E-state index in [1.54, 1.807) is 38.3 Å². The summed E-state index contributed by atoms with van der Waals surface area (Å²) >= 11 is 0. The van der Waals surface area contributed by atoms with Crippen LogP contribution in [0, 0.1) is 18.6 Å². The van der Waals surface area contributed by atoms with Crippen LogP contribution in [0.3, 0.4) is 0 Å². The van der Waals surface area contributed by atoms with Gasteiger partial charge in [-0.2, -0.15) is 5.10 Å². The zero-order valence-electron chi connectivity index (χ0n) is 18.0. The Labute approximate surface area is 188 Å². The third-order valence-electron chi connectivity index (χ3n) is 5.36. The highest BCUT2D eigenvalue weighted by Crippen LogP contribution is 2.30. The molecule has 0 unspecified atom stereocenters. The van der Waals surface area contributed by atoms with Crippen molar-refractivity contribution in [3.05, 3.63) is 82.3 Å². The van der Waals surface area contributed by atoms with Crippen LogP contribution >= 0.6 is 0 Å². The van der Waals surface area contributed by atoms with Gasteiger partial charge in [0.15, 0.2) is 5.76 Å². The minimum absolute atomic E-state index is 0.0137. The van der Waals surface area contributed by atoms with Crippen molar-refractivity contribution >= 4 is 23.2 Å². The molecule has 0 bridgehead atoms. The van der Waals surface area contributed by atoms with Crippen molar-refractivity contribution in [1.29, 1.82) is 0 Å². The Morgan fingerprint density at radius 2 is 1.82 bits per heavy atom. The van der Waals surface area contributed by atoms with E-state index in [4.69, 9.17) is 9.15 Å². The Morgan fingerprint density at radius 1 is 1.06 bits per heavy atom. The molecule has 1 aliphatic rings. The van der Waals surface area contributed by atoms with Crippen molar-refractivity contribution in [3.8, 4) is 5.75 Å². The van der Waals surface area contributed by atoms with Crippen LogP contribution in [0.4, 0.5) is 14.5 Å². The maximum absolute atomic E-state index is 13.9. The lowest BCUT2D eigenvalue weighted by Gasteiger charge is -2.13. The second kappa shape index (κ2) is 9.23. The van der Waals surface area contributed by atoms with Gasteiger partial charge in [0.25, 0.3) is 11.8 Å². The van der Waals surface area contributed by atoms with Gasteiger partial charge in [0.1, 0.15) is 23.1 Å². The maximum atomic E-state index is 13.9. The molecule has 0 aliphatic heterocycles. The number of hydrogen-bond donors (Lipinski definition) is 2. The zero-order chi connectivity index (χ0) is 23.5. The lowest BCUT2D eigenvalue weighted by molar-refractivity contribution is 0.0953. The molecule has 0 saturated carbocycles. The third kappa shape index (κ3) is 4.62. The Balaban J connectivity index is 1.55. The van der Waals surface area contributed by atoms with Gasteiger partial charge in [-0.05, 0) is 56.2 Å². The summed E-state index contributed by atoms with van der Waals surface area (Å²) in [5.74, 6) is -1.46. The SMILES string of the molecule is COc1ccc(C(=O)N/N=C2\CCCc3oc(C(=O)Nc4ccc(F)cc4F)c(C)c32)cc1. The number of benzene rings is 2. The van der Waals surface area contributed by atoms with Crippen LogP contribution in [0.15, 0.2) is 52.0 Å². The van der Waals surface area contributed by atoms with Gasteiger partial charge in [0.05, 0.1) is 18.5 Å². The number of amides is 2. The molecule has 1 aromatic heterocycles. The van der Waals surface area contributed by atoms with Gasteiger partial charge in [0, 0.05) is 29.2 Å². The van der Waals surface area contributed by atoms with Crippen LogP contribution in [0.5, 0.6) is 5.75 Å². The second-order valence-corrected chi connectivity index (χ2v) is 7.51. The van der Waals surface area contributed by atoms with Crippen molar-refractivity contribution < 1.29 is 27.5 Å². The number of carbonyl (C=O) groups is 2. The average molecular weight is 453 g/mol. The molecule has 9 heteroatoms. The summed E-state index contributed by atoms with van der Waals surface area (Å²) in [6, 6.07) is 9.48. The number of halogens is 2. The molecule has 33 heavy (non-hydrogen) atoms. The molecule has 4 rings (SSSR count). The highest BCUT2D eigenvalue weighted by molar-refractivity contribution is 6.09. The summed E-state index contributed by atoms with van der Waals surface area (Å²) in [4.78, 5) is 25.2. The first-order chi connectivity index (χ1) is 15.9. The van der Waals surface area contributed by atoms with Crippen LogP contribution in [0.1, 0.15) is 50.6 Å². The number of nitrogens with one attached hydrogen (secondary N) is 2. The summed E-state index contributed by atoms with van der Waals surface area (Å²) in [6.07, 6.45) is 1.91. The quantitative estimate of drug-likeness (QED) is 0.553. The predicted molar refractivity (Wildman–Crippen MR) is 118 cm³/mol. The summed E-state index contributed by atoms with van der Waals surface area (Å²) in [5, 5.41) is 6.68. The van der Waals surface area contributed by atoms with E-state index in [0.717, 1.165) is 18.6 Å². The van der Waals surface area contributed by atoms with E-state index in [1.807, 2.05) is 0 Å². The van der Waals surface area contributed by atoms with Gasteiger partial charge >= 0.3 is 0 Å². The van der Waals surface area contributed by atoms with E-state index in [9.17, 15) is 18.4 Å². The van der Waals surface area contributed by atoms with Gasteiger partial charge in [0.2, 0.25) is 0 Å².